The lowest BCUT2D eigenvalue weighted by Crippen LogP contribution is -2.70. The van der Waals surface area contributed by atoms with Crippen molar-refractivity contribution in [3.05, 3.63) is 29.3 Å². The molecule has 0 aromatic heterocycles. The molecule has 3 aliphatic heterocycles. The van der Waals surface area contributed by atoms with Crippen LogP contribution in [0.5, 0.6) is 0 Å². The molecule has 4 aliphatic rings. The fourth-order valence-electron chi connectivity index (χ4n) is 10.1. The Labute approximate surface area is 391 Å². The lowest BCUT2D eigenvalue weighted by molar-refractivity contribution is -0.336. The van der Waals surface area contributed by atoms with Gasteiger partial charge in [-0.2, -0.15) is 4.31 Å². The van der Waals surface area contributed by atoms with Crippen molar-refractivity contribution in [2.45, 2.75) is 208 Å². The lowest BCUT2D eigenvalue weighted by atomic mass is 9.75. The van der Waals surface area contributed by atoms with E-state index in [1.807, 2.05) is 6.92 Å². The molecule has 4 fully saturated rings. The minimum atomic E-state index is -4.14. The molecule has 65 heavy (non-hydrogen) atoms. The van der Waals surface area contributed by atoms with E-state index < -0.39 is 118 Å². The molecule has 7 N–H and O–H groups in total. The third-order valence-electron chi connectivity index (χ3n) is 14.7. The molecule has 0 unspecified atom stereocenters. The van der Waals surface area contributed by atoms with Crippen molar-refractivity contribution in [1.29, 1.82) is 0 Å². The molecule has 0 spiro atoms. The molecule has 19 heteroatoms. The van der Waals surface area contributed by atoms with Crippen LogP contribution < -0.4 is 10.6 Å². The van der Waals surface area contributed by atoms with E-state index in [1.165, 1.54) is 45.3 Å². The van der Waals surface area contributed by atoms with Crippen LogP contribution in [0.15, 0.2) is 29.2 Å². The van der Waals surface area contributed by atoms with Crippen LogP contribution in [0.4, 0.5) is 0 Å². The molecule has 0 radical (unpaired) electrons. The first-order valence-electron chi connectivity index (χ1n) is 23.2. The Hall–Kier alpha value is -1.59. The smallest absolute Gasteiger partial charge is 0.311 e. The van der Waals surface area contributed by atoms with Crippen LogP contribution in [-0.4, -0.2) is 167 Å². The van der Waals surface area contributed by atoms with Crippen LogP contribution in [0.1, 0.15) is 108 Å². The van der Waals surface area contributed by atoms with E-state index >= 15 is 0 Å². The Kier molecular flexibility index (Phi) is 17.7. The number of ether oxygens (including phenoxy) is 6. The molecule has 18 atom stereocenters. The summed E-state index contributed by atoms with van der Waals surface area (Å²) in [5, 5.41) is 67.2. The van der Waals surface area contributed by atoms with Gasteiger partial charge in [0.2, 0.25) is 10.0 Å². The van der Waals surface area contributed by atoms with Gasteiger partial charge in [-0.05, 0) is 117 Å². The maximum absolute atomic E-state index is 14.5. The monoisotopic (exact) mass is 963 g/mol. The molecule has 1 aromatic rings. The van der Waals surface area contributed by atoms with Gasteiger partial charge in [0.1, 0.15) is 35.1 Å². The first kappa shape index (κ1) is 54.4. The third-order valence-corrected chi connectivity index (χ3v) is 16.9. The summed E-state index contributed by atoms with van der Waals surface area (Å²) in [6.07, 6.45) is -8.12. The average molecular weight is 965 g/mol. The molecule has 5 rings (SSSR count). The Bertz CT molecular complexity index is 1840. The minimum Gasteiger partial charge on any atom is -0.459 e. The average Bonchev–Trinajstić information content (AvgIpc) is 4.08. The number of benzene rings is 1. The maximum atomic E-state index is 14.5. The van der Waals surface area contributed by atoms with Crippen molar-refractivity contribution in [1.82, 2.24) is 14.9 Å². The number of esters is 1. The van der Waals surface area contributed by atoms with Gasteiger partial charge in [-0.25, -0.2) is 8.42 Å². The fraction of sp³-hybridized carbons (Fsp3) is 0.848. The fourth-order valence-corrected chi connectivity index (χ4v) is 11.6. The number of carbonyl (C=O) groups is 1. The molecule has 374 valence electrons. The van der Waals surface area contributed by atoms with E-state index in [9.17, 15) is 38.7 Å². The summed E-state index contributed by atoms with van der Waals surface area (Å²) in [7, 11) is -1.26. The van der Waals surface area contributed by atoms with E-state index in [2.05, 4.69) is 10.6 Å². The number of halogens is 1. The van der Waals surface area contributed by atoms with Gasteiger partial charge < -0.3 is 64.6 Å². The summed E-state index contributed by atoms with van der Waals surface area (Å²) in [6, 6.07) is 4.31. The quantitative estimate of drug-likeness (QED) is 0.149. The van der Waals surface area contributed by atoms with Gasteiger partial charge in [0.05, 0.1) is 46.9 Å². The van der Waals surface area contributed by atoms with Crippen molar-refractivity contribution in [3.8, 4) is 0 Å². The van der Waals surface area contributed by atoms with E-state index in [-0.39, 0.29) is 49.6 Å². The molecule has 1 aliphatic carbocycles. The topological polar surface area (TPSA) is 235 Å². The van der Waals surface area contributed by atoms with E-state index in [0.717, 1.165) is 17.1 Å². The van der Waals surface area contributed by atoms with Crippen LogP contribution in [0, 0.1) is 17.8 Å². The molecule has 3 heterocycles. The zero-order valence-corrected chi connectivity index (χ0v) is 41.8. The van der Waals surface area contributed by atoms with Crippen LogP contribution in [0.2, 0.25) is 5.02 Å². The third kappa shape index (κ3) is 11.9. The number of nitrogens with zero attached hydrogens (tertiary/aromatic N) is 1. The molecule has 17 nitrogen and oxygen atoms in total. The molecule has 1 saturated carbocycles. The van der Waals surface area contributed by atoms with Crippen LogP contribution in [-0.2, 0) is 43.2 Å². The highest BCUT2D eigenvalue weighted by Gasteiger charge is 2.59. The predicted molar refractivity (Wildman–Crippen MR) is 242 cm³/mol. The Morgan fingerprint density at radius 2 is 1.60 bits per heavy atom. The summed E-state index contributed by atoms with van der Waals surface area (Å²) in [6.45, 7) is 17.4. The number of carbonyl (C=O) groups excluding carboxylic acids is 1. The summed E-state index contributed by atoms with van der Waals surface area (Å²) >= 11 is 6.06. The van der Waals surface area contributed by atoms with Crippen LogP contribution in [0.25, 0.3) is 0 Å². The van der Waals surface area contributed by atoms with Crippen LogP contribution in [0.3, 0.4) is 0 Å². The number of likely N-dealkylation sites (N-methyl/N-ethyl adjacent to an activating group) is 1. The number of cyclic esters (lactones) is 1. The van der Waals surface area contributed by atoms with Crippen molar-refractivity contribution < 1.29 is 67.2 Å². The van der Waals surface area contributed by atoms with Crippen molar-refractivity contribution in [2.75, 3.05) is 27.2 Å². The second-order valence-corrected chi connectivity index (χ2v) is 22.6. The second kappa shape index (κ2) is 21.2. The molecule has 0 amide bonds. The van der Waals surface area contributed by atoms with E-state index in [4.69, 9.17) is 40.0 Å². The molecular weight excluding hydrogens is 886 g/mol. The van der Waals surface area contributed by atoms with E-state index in [1.54, 1.807) is 55.4 Å². The lowest BCUT2D eigenvalue weighted by Gasteiger charge is -2.53. The van der Waals surface area contributed by atoms with Crippen molar-refractivity contribution in [3.63, 3.8) is 0 Å². The SMILES string of the molecule is CC[C@H]1OC(=O)[C@H](C)[C@@H](O[C@H]2C[C@@](C)(OC)[C@](O)(CNC3CC3)[C@H](C)O2)[C@H](C)[C@@H](O[C@@H]2O[C@H](C)C[C@H](N(C)S(=O)(=O)c3ccc(Cl)cc3)[C@H]2O)[C@](C)(O)C[C@@H](C)CN[C@H](C)[C@@H](O)[C@]1(C)O. The van der Waals surface area contributed by atoms with Gasteiger partial charge >= 0.3 is 5.97 Å². The normalized spacial score (nSPS) is 44.3. The number of hydrogen-bond donors (Lipinski definition) is 7. The predicted octanol–water partition coefficient (Wildman–Crippen LogP) is 3.09. The largest absolute Gasteiger partial charge is 0.459 e. The van der Waals surface area contributed by atoms with Gasteiger partial charge in [0.25, 0.3) is 0 Å². The number of aliphatic hydroxyl groups is 5. The molecular formula is C46H78ClN3O14S. The highest BCUT2D eigenvalue weighted by Crippen LogP contribution is 2.44. The Morgan fingerprint density at radius 1 is 0.969 bits per heavy atom. The zero-order chi connectivity index (χ0) is 48.6. The number of methoxy groups -OCH3 is 1. The van der Waals surface area contributed by atoms with Gasteiger partial charge in [0, 0.05) is 50.1 Å². The van der Waals surface area contributed by atoms with Crippen LogP contribution >= 0.6 is 11.6 Å². The second-order valence-electron chi connectivity index (χ2n) is 20.2. The summed E-state index contributed by atoms with van der Waals surface area (Å²) in [5.74, 6) is -3.13. The standard InChI is InChI=1S/C46H78ClN3O14S/c1-13-35-45(10,55)39(52)29(6)48-23-25(2)21-43(8,54)40(64-42-37(51)34(20-26(3)60-42)50(11)65(57,58)33-18-14-31(47)15-19-33)27(4)38(28(5)41(53)62-35)63-36-22-44(9,59-12)46(56,30(7)61-36)24-49-32-16-17-32/h14-15,18-19,25-30,32,34-40,42,48-49,51-52,54-56H,13,16-17,20-24H2,1-12H3/t25-,26-,27+,28-,29-,30+,34+,35-,36+,37-,38+,39-,40-,42+,43-,44-,45-,46+/m1/s1. The molecule has 1 aromatic carbocycles. The van der Waals surface area contributed by atoms with Gasteiger partial charge in [-0.1, -0.05) is 32.4 Å². The van der Waals surface area contributed by atoms with Gasteiger partial charge in [-0.3, -0.25) is 4.79 Å². The first-order valence-corrected chi connectivity index (χ1v) is 25.1. The summed E-state index contributed by atoms with van der Waals surface area (Å²) in [4.78, 5) is 14.5. The number of rotatable bonds is 12. The number of nitrogens with one attached hydrogen (secondary N) is 2. The Balaban J connectivity index is 1.56. The molecule has 3 saturated heterocycles. The number of aliphatic hydroxyl groups excluding tert-OH is 2. The summed E-state index contributed by atoms with van der Waals surface area (Å²) in [5.41, 5.74) is -6.30. The van der Waals surface area contributed by atoms with E-state index in [0.29, 0.717) is 11.1 Å². The highest BCUT2D eigenvalue weighted by molar-refractivity contribution is 7.89. The minimum absolute atomic E-state index is 0.0230. The maximum Gasteiger partial charge on any atom is 0.311 e. The van der Waals surface area contributed by atoms with Crippen molar-refractivity contribution >= 4 is 27.6 Å². The summed E-state index contributed by atoms with van der Waals surface area (Å²) < 4.78 is 67.4. The van der Waals surface area contributed by atoms with Gasteiger partial charge in [-0.15, -0.1) is 0 Å². The molecule has 0 bridgehead atoms. The number of hydrogen-bond acceptors (Lipinski definition) is 16. The Morgan fingerprint density at radius 3 is 2.18 bits per heavy atom. The zero-order valence-electron chi connectivity index (χ0n) is 40.3. The number of sulfonamides is 1. The van der Waals surface area contributed by atoms with Crippen molar-refractivity contribution in [2.24, 2.45) is 17.8 Å². The van der Waals surface area contributed by atoms with Gasteiger partial charge in [0.15, 0.2) is 12.6 Å². The highest BCUT2D eigenvalue weighted by atomic mass is 35.5. The first-order chi connectivity index (χ1) is 30.1.